The predicted molar refractivity (Wildman–Crippen MR) is 79.6 cm³/mol. The smallest absolute Gasteiger partial charge is 0.233 e. The lowest BCUT2D eigenvalue weighted by atomic mass is 10.1. The van der Waals surface area contributed by atoms with Gasteiger partial charge in [0.25, 0.3) is 0 Å². The van der Waals surface area contributed by atoms with Gasteiger partial charge in [0.2, 0.25) is 5.91 Å². The number of hydrogen-bond donors (Lipinski definition) is 2. The van der Waals surface area contributed by atoms with Gasteiger partial charge in [0.1, 0.15) is 5.51 Å². The van der Waals surface area contributed by atoms with Gasteiger partial charge >= 0.3 is 0 Å². The van der Waals surface area contributed by atoms with Crippen LogP contribution >= 0.6 is 23.1 Å². The molecule has 1 heterocycles. The zero-order chi connectivity index (χ0) is 14.4. The number of amides is 1. The van der Waals surface area contributed by atoms with Gasteiger partial charge in [-0.2, -0.15) is 0 Å². The molecule has 7 heteroatoms. The topological polar surface area (TPSA) is 75.1 Å². The van der Waals surface area contributed by atoms with Crippen molar-refractivity contribution < 1.29 is 9.90 Å². The number of aliphatic hydroxyl groups is 1. The summed E-state index contributed by atoms with van der Waals surface area (Å²) in [5.74, 6) is -0.125. The second-order valence-electron chi connectivity index (χ2n) is 4.14. The maximum Gasteiger partial charge on any atom is 0.233 e. The molecule has 2 rings (SSSR count). The molecule has 0 radical (unpaired) electrons. The van der Waals surface area contributed by atoms with Crippen LogP contribution in [0.4, 0.5) is 0 Å². The molecule has 2 atom stereocenters. The fraction of sp³-hybridized carbons (Fsp3) is 0.308. The van der Waals surface area contributed by atoms with Crippen LogP contribution in [-0.2, 0) is 4.79 Å². The first-order valence-electron chi connectivity index (χ1n) is 6.10. The molecule has 0 saturated heterocycles. The lowest BCUT2D eigenvalue weighted by molar-refractivity contribution is -0.120. The van der Waals surface area contributed by atoms with E-state index < -0.39 is 6.10 Å². The standard InChI is InChI=1S/C13H15N3O2S2/c1-9(20-13-16-15-8-19-13)12(18)14-7-11(17)10-5-3-2-4-6-10/h2-6,8-9,11,17H,7H2,1H3,(H,14,18)/t9-,11+/m1/s1. The number of rotatable bonds is 6. The van der Waals surface area contributed by atoms with Gasteiger partial charge in [0.15, 0.2) is 4.34 Å². The fourth-order valence-electron chi connectivity index (χ4n) is 1.55. The molecule has 5 nitrogen and oxygen atoms in total. The van der Waals surface area contributed by atoms with Gasteiger partial charge in [-0.15, -0.1) is 10.2 Å². The van der Waals surface area contributed by atoms with E-state index in [0.717, 1.165) is 9.90 Å². The highest BCUT2D eigenvalue weighted by molar-refractivity contribution is 8.02. The molecule has 0 bridgehead atoms. The van der Waals surface area contributed by atoms with Crippen molar-refractivity contribution in [2.24, 2.45) is 0 Å². The third kappa shape index (κ3) is 4.29. The van der Waals surface area contributed by atoms with Crippen molar-refractivity contribution >= 4 is 29.0 Å². The third-order valence-corrected chi connectivity index (χ3v) is 4.55. The van der Waals surface area contributed by atoms with Crippen LogP contribution in [0.5, 0.6) is 0 Å². The van der Waals surface area contributed by atoms with E-state index in [1.165, 1.54) is 23.1 Å². The van der Waals surface area contributed by atoms with Gasteiger partial charge in [0.05, 0.1) is 11.4 Å². The van der Waals surface area contributed by atoms with Crippen molar-refractivity contribution in [3.05, 3.63) is 41.4 Å². The van der Waals surface area contributed by atoms with Crippen molar-refractivity contribution in [1.82, 2.24) is 15.5 Å². The third-order valence-electron chi connectivity index (χ3n) is 2.64. The first kappa shape index (κ1) is 15.0. The van der Waals surface area contributed by atoms with Crippen molar-refractivity contribution in [1.29, 1.82) is 0 Å². The molecule has 106 valence electrons. The van der Waals surface area contributed by atoms with E-state index in [9.17, 15) is 9.90 Å². The van der Waals surface area contributed by atoms with Crippen molar-refractivity contribution in [3.63, 3.8) is 0 Å². The second kappa shape index (κ2) is 7.37. The Labute approximate surface area is 125 Å². The molecule has 0 spiro atoms. The lowest BCUT2D eigenvalue weighted by Crippen LogP contribution is -2.34. The average molecular weight is 309 g/mol. The summed E-state index contributed by atoms with van der Waals surface area (Å²) in [4.78, 5) is 11.9. The highest BCUT2D eigenvalue weighted by atomic mass is 32.2. The molecule has 0 aliphatic carbocycles. The van der Waals surface area contributed by atoms with E-state index in [-0.39, 0.29) is 17.7 Å². The number of nitrogens with zero attached hydrogens (tertiary/aromatic N) is 2. The number of carbonyl (C=O) groups excluding carboxylic acids is 1. The van der Waals surface area contributed by atoms with Gasteiger partial charge in [-0.1, -0.05) is 53.4 Å². The number of nitrogens with one attached hydrogen (secondary N) is 1. The lowest BCUT2D eigenvalue weighted by Gasteiger charge is -2.14. The van der Waals surface area contributed by atoms with Crippen molar-refractivity contribution in [2.45, 2.75) is 22.6 Å². The largest absolute Gasteiger partial charge is 0.387 e. The number of hydrogen-bond acceptors (Lipinski definition) is 6. The maximum atomic E-state index is 11.9. The summed E-state index contributed by atoms with van der Waals surface area (Å²) in [5.41, 5.74) is 2.42. The molecule has 0 aliphatic rings. The zero-order valence-electron chi connectivity index (χ0n) is 10.9. The average Bonchev–Trinajstić information content (AvgIpc) is 2.98. The number of aliphatic hydroxyl groups excluding tert-OH is 1. The Kier molecular flexibility index (Phi) is 5.51. The Morgan fingerprint density at radius 2 is 2.20 bits per heavy atom. The highest BCUT2D eigenvalue weighted by Gasteiger charge is 2.17. The highest BCUT2D eigenvalue weighted by Crippen LogP contribution is 2.24. The normalized spacial score (nSPS) is 13.7. The molecule has 0 aliphatic heterocycles. The molecule has 0 unspecified atom stereocenters. The second-order valence-corrected chi connectivity index (χ2v) is 6.56. The quantitative estimate of drug-likeness (QED) is 0.797. The molecular formula is C13H15N3O2S2. The fourth-order valence-corrected chi connectivity index (χ4v) is 3.20. The van der Waals surface area contributed by atoms with Crippen molar-refractivity contribution in [2.75, 3.05) is 6.54 Å². The Morgan fingerprint density at radius 1 is 1.45 bits per heavy atom. The monoisotopic (exact) mass is 309 g/mol. The molecule has 20 heavy (non-hydrogen) atoms. The molecule has 1 aromatic carbocycles. The predicted octanol–water partition coefficient (Wildman–Crippen LogP) is 1.87. The van der Waals surface area contributed by atoms with Gasteiger partial charge in [0, 0.05) is 6.54 Å². The van der Waals surface area contributed by atoms with Crippen LogP contribution in [0.1, 0.15) is 18.6 Å². The van der Waals surface area contributed by atoms with E-state index in [2.05, 4.69) is 15.5 Å². The SMILES string of the molecule is C[C@@H](Sc1nncs1)C(=O)NC[C@H](O)c1ccccc1. The summed E-state index contributed by atoms with van der Waals surface area (Å²) < 4.78 is 0.760. The number of benzene rings is 1. The number of aromatic nitrogens is 2. The molecular weight excluding hydrogens is 294 g/mol. The van der Waals surface area contributed by atoms with E-state index in [1.807, 2.05) is 30.3 Å². The molecule has 1 aromatic heterocycles. The summed E-state index contributed by atoms with van der Waals surface area (Å²) in [6, 6.07) is 9.25. The van der Waals surface area contributed by atoms with E-state index >= 15 is 0 Å². The van der Waals surface area contributed by atoms with E-state index in [1.54, 1.807) is 12.4 Å². The Morgan fingerprint density at radius 3 is 2.85 bits per heavy atom. The summed E-state index contributed by atoms with van der Waals surface area (Å²) in [7, 11) is 0. The maximum absolute atomic E-state index is 11.9. The number of carbonyl (C=O) groups is 1. The van der Waals surface area contributed by atoms with Crippen LogP contribution in [-0.4, -0.2) is 33.0 Å². The van der Waals surface area contributed by atoms with Gasteiger partial charge in [-0.25, -0.2) is 0 Å². The molecule has 0 saturated carbocycles. The molecule has 2 N–H and O–H groups in total. The summed E-state index contributed by atoms with van der Waals surface area (Å²) in [5, 5.41) is 20.0. The minimum atomic E-state index is -0.695. The van der Waals surface area contributed by atoms with Crippen LogP contribution in [0.25, 0.3) is 0 Å². The van der Waals surface area contributed by atoms with Crippen LogP contribution in [0.2, 0.25) is 0 Å². The first-order valence-corrected chi connectivity index (χ1v) is 7.86. The van der Waals surface area contributed by atoms with Crippen LogP contribution < -0.4 is 5.32 Å². The summed E-state index contributed by atoms with van der Waals surface area (Å²) in [6.45, 7) is 2.00. The summed E-state index contributed by atoms with van der Waals surface area (Å²) in [6.07, 6.45) is -0.695. The Balaban J connectivity index is 1.80. The minimum Gasteiger partial charge on any atom is -0.387 e. The molecule has 2 aromatic rings. The van der Waals surface area contributed by atoms with E-state index in [0.29, 0.717) is 0 Å². The van der Waals surface area contributed by atoms with Crippen LogP contribution in [0.3, 0.4) is 0 Å². The van der Waals surface area contributed by atoms with Gasteiger partial charge < -0.3 is 10.4 Å². The van der Waals surface area contributed by atoms with Crippen molar-refractivity contribution in [3.8, 4) is 0 Å². The Hall–Kier alpha value is -1.44. The summed E-state index contributed by atoms with van der Waals surface area (Å²) >= 11 is 2.76. The van der Waals surface area contributed by atoms with Crippen LogP contribution in [0, 0.1) is 0 Å². The first-order chi connectivity index (χ1) is 9.66. The zero-order valence-corrected chi connectivity index (χ0v) is 12.5. The molecule has 1 amide bonds. The van der Waals surface area contributed by atoms with E-state index in [4.69, 9.17) is 0 Å². The minimum absolute atomic E-state index is 0.125. The molecule has 0 fully saturated rings. The van der Waals surface area contributed by atoms with Crippen LogP contribution in [0.15, 0.2) is 40.2 Å². The van der Waals surface area contributed by atoms with Gasteiger partial charge in [-0.05, 0) is 12.5 Å². The van der Waals surface area contributed by atoms with Gasteiger partial charge in [-0.3, -0.25) is 4.79 Å². The number of thioether (sulfide) groups is 1. The Bertz CT molecular complexity index is 534.